The van der Waals surface area contributed by atoms with Crippen LogP contribution in [0.1, 0.15) is 74.4 Å². The summed E-state index contributed by atoms with van der Waals surface area (Å²) < 4.78 is 46.5. The minimum Gasteiger partial charge on any atom is -0.504 e. The Morgan fingerprint density at radius 2 is 0.885 bits per heavy atom. The van der Waals surface area contributed by atoms with E-state index in [-0.39, 0.29) is 35.5 Å². The van der Waals surface area contributed by atoms with Crippen LogP contribution in [-0.2, 0) is 4.74 Å². The third-order valence-electron chi connectivity index (χ3n) is 9.92. The molecule has 0 bridgehead atoms. The van der Waals surface area contributed by atoms with Crippen molar-refractivity contribution < 1.29 is 53.2 Å². The molecule has 4 aromatic rings. The van der Waals surface area contributed by atoms with E-state index in [2.05, 4.69) is 13.8 Å². The van der Waals surface area contributed by atoms with Crippen molar-refractivity contribution in [3.05, 3.63) is 95.1 Å². The molecule has 8 atom stereocenters. The van der Waals surface area contributed by atoms with E-state index < -0.39 is 24.4 Å². The molecule has 0 aliphatic carbocycles. The fourth-order valence-corrected chi connectivity index (χ4v) is 6.62. The molecule has 0 radical (unpaired) electrons. The van der Waals surface area contributed by atoms with E-state index in [1.54, 1.807) is 72.6 Å². The summed E-state index contributed by atoms with van der Waals surface area (Å²) in [4.78, 5) is 0. The highest BCUT2D eigenvalue weighted by atomic mass is 16.5. The summed E-state index contributed by atoms with van der Waals surface area (Å²) in [6, 6.07) is 21.4. The second-order valence-electron chi connectivity index (χ2n) is 13.1. The fourth-order valence-electron chi connectivity index (χ4n) is 6.62. The molecule has 1 heterocycles. The van der Waals surface area contributed by atoms with Crippen LogP contribution in [0.2, 0.25) is 0 Å². The number of aromatic hydroxyl groups is 1. The minimum absolute atomic E-state index is 0.0108. The lowest BCUT2D eigenvalue weighted by Gasteiger charge is -2.24. The molecule has 1 aliphatic heterocycles. The maximum Gasteiger partial charge on any atom is 0.161 e. The first-order chi connectivity index (χ1) is 24.9. The highest BCUT2D eigenvalue weighted by Gasteiger charge is 2.41. The first-order valence-electron chi connectivity index (χ1n) is 17.2. The van der Waals surface area contributed by atoms with Gasteiger partial charge in [0.15, 0.2) is 46.0 Å². The van der Waals surface area contributed by atoms with Gasteiger partial charge < -0.3 is 53.2 Å². The van der Waals surface area contributed by atoms with Gasteiger partial charge in [0.25, 0.3) is 0 Å². The summed E-state index contributed by atoms with van der Waals surface area (Å²) in [5, 5.41) is 32.0. The second kappa shape index (κ2) is 16.7. The Morgan fingerprint density at radius 3 is 1.33 bits per heavy atom. The largest absolute Gasteiger partial charge is 0.504 e. The van der Waals surface area contributed by atoms with Crippen LogP contribution in [0.15, 0.2) is 72.8 Å². The van der Waals surface area contributed by atoms with Gasteiger partial charge in [-0.3, -0.25) is 0 Å². The number of hydrogen-bond donors (Lipinski definition) is 3. The lowest BCUT2D eigenvalue weighted by atomic mass is 9.85. The molecule has 4 aromatic carbocycles. The van der Waals surface area contributed by atoms with E-state index in [9.17, 15) is 15.3 Å². The molecule has 5 rings (SSSR count). The van der Waals surface area contributed by atoms with Crippen LogP contribution in [0, 0.1) is 11.8 Å². The van der Waals surface area contributed by atoms with Gasteiger partial charge in [0.1, 0.15) is 24.4 Å². The van der Waals surface area contributed by atoms with Crippen molar-refractivity contribution in [3.8, 4) is 46.0 Å². The molecular formula is C41H50O11. The van der Waals surface area contributed by atoms with E-state index >= 15 is 0 Å². The predicted molar refractivity (Wildman–Crippen MR) is 195 cm³/mol. The molecule has 0 spiro atoms. The Balaban J connectivity index is 1.29. The molecule has 52 heavy (non-hydrogen) atoms. The highest BCUT2D eigenvalue weighted by Crippen LogP contribution is 2.51. The summed E-state index contributed by atoms with van der Waals surface area (Å²) in [6.45, 7) is 7.90. The Morgan fingerprint density at radius 1 is 0.500 bits per heavy atom. The van der Waals surface area contributed by atoms with Crippen molar-refractivity contribution in [3.63, 3.8) is 0 Å². The van der Waals surface area contributed by atoms with Crippen LogP contribution in [0.4, 0.5) is 0 Å². The molecule has 1 saturated heterocycles. The van der Waals surface area contributed by atoms with Gasteiger partial charge in [0.05, 0.1) is 47.8 Å². The number of rotatable bonds is 15. The number of aliphatic hydroxyl groups is 2. The number of hydrogen-bond acceptors (Lipinski definition) is 11. The first kappa shape index (κ1) is 38.4. The summed E-state index contributed by atoms with van der Waals surface area (Å²) in [6.07, 6.45) is -3.62. The SMILES string of the molecule is COc1cc([C@@H](O)[C@H](C)Oc2ccc([C@H]3O[C@H](c4ccc(O[C@@H](C)[C@H](O)c5ccc(OC)c(OC)c5)c(OC)c4)[C@H](C)[C@H]3C)cc2OC)ccc1O. The normalized spacial score (nSPS) is 20.7. The summed E-state index contributed by atoms with van der Waals surface area (Å²) in [5.41, 5.74) is 3.06. The monoisotopic (exact) mass is 718 g/mol. The van der Waals surface area contributed by atoms with Crippen LogP contribution in [0.3, 0.4) is 0 Å². The van der Waals surface area contributed by atoms with Crippen LogP contribution in [0.5, 0.6) is 46.0 Å². The third-order valence-corrected chi connectivity index (χ3v) is 9.92. The van der Waals surface area contributed by atoms with Gasteiger partial charge >= 0.3 is 0 Å². The van der Waals surface area contributed by atoms with Crippen molar-refractivity contribution in [2.45, 2.75) is 64.3 Å². The second-order valence-corrected chi connectivity index (χ2v) is 13.1. The number of methoxy groups -OCH3 is 5. The van der Waals surface area contributed by atoms with Gasteiger partial charge in [-0.1, -0.05) is 38.1 Å². The molecule has 0 amide bonds. The zero-order valence-corrected chi connectivity index (χ0v) is 31.2. The lowest BCUT2D eigenvalue weighted by molar-refractivity contribution is 0.0281. The van der Waals surface area contributed by atoms with Crippen molar-refractivity contribution in [1.29, 1.82) is 0 Å². The Kier molecular flexibility index (Phi) is 12.3. The van der Waals surface area contributed by atoms with Crippen molar-refractivity contribution in [1.82, 2.24) is 0 Å². The molecule has 0 aromatic heterocycles. The van der Waals surface area contributed by atoms with Crippen molar-refractivity contribution in [2.24, 2.45) is 11.8 Å². The maximum atomic E-state index is 11.1. The number of benzene rings is 4. The van der Waals surface area contributed by atoms with E-state index in [0.717, 1.165) is 11.1 Å². The topological polar surface area (TPSA) is 135 Å². The zero-order chi connectivity index (χ0) is 37.7. The van der Waals surface area contributed by atoms with Gasteiger partial charge in [-0.2, -0.15) is 0 Å². The molecule has 11 nitrogen and oxygen atoms in total. The van der Waals surface area contributed by atoms with Gasteiger partial charge in [-0.05, 0) is 96.5 Å². The van der Waals surface area contributed by atoms with E-state index in [0.29, 0.717) is 45.6 Å². The number of ether oxygens (including phenoxy) is 8. The van der Waals surface area contributed by atoms with Crippen LogP contribution in [-0.4, -0.2) is 63.1 Å². The quantitative estimate of drug-likeness (QED) is 0.113. The molecule has 280 valence electrons. The molecule has 3 N–H and O–H groups in total. The third kappa shape index (κ3) is 7.96. The Labute approximate surface area is 305 Å². The van der Waals surface area contributed by atoms with Crippen LogP contribution in [0.25, 0.3) is 0 Å². The number of phenols is 1. The fraction of sp³-hybridized carbons (Fsp3) is 0.415. The molecule has 11 heteroatoms. The van der Waals surface area contributed by atoms with Gasteiger partial charge in [-0.15, -0.1) is 0 Å². The summed E-state index contributed by atoms with van der Waals surface area (Å²) in [5.74, 6) is 3.68. The smallest absolute Gasteiger partial charge is 0.161 e. The predicted octanol–water partition coefficient (Wildman–Crippen LogP) is 7.52. The number of phenolic OH excluding ortho intramolecular Hbond substituents is 1. The Bertz CT molecular complexity index is 1810. The summed E-state index contributed by atoms with van der Waals surface area (Å²) in [7, 11) is 7.73. The van der Waals surface area contributed by atoms with E-state index in [4.69, 9.17) is 37.9 Å². The van der Waals surface area contributed by atoms with Crippen LogP contribution >= 0.6 is 0 Å². The van der Waals surface area contributed by atoms with Crippen molar-refractivity contribution >= 4 is 0 Å². The minimum atomic E-state index is -0.988. The van der Waals surface area contributed by atoms with Crippen LogP contribution < -0.4 is 33.2 Å². The highest BCUT2D eigenvalue weighted by molar-refractivity contribution is 5.47. The van der Waals surface area contributed by atoms with E-state index in [1.165, 1.54) is 13.2 Å². The van der Waals surface area contributed by atoms with Gasteiger partial charge in [0, 0.05) is 0 Å². The first-order valence-corrected chi connectivity index (χ1v) is 17.2. The summed E-state index contributed by atoms with van der Waals surface area (Å²) >= 11 is 0. The molecule has 0 saturated carbocycles. The Hall–Kier alpha value is -4.84. The standard InChI is InChI=1S/C41H50O11/c1-22-23(2)41(29-13-17-33(37(21-29)49-9)51-25(4)39(44)27-11-15-31(45-5)35(19-27)47-7)52-40(22)28-12-16-32(36(20-28)48-8)50-24(3)38(43)26-10-14-30(42)34(18-26)46-6/h10-25,38-44H,1-9H3/t22-,23-,24+,25+,38+,39+,40+,41+/m1/s1. The average molecular weight is 719 g/mol. The van der Waals surface area contributed by atoms with E-state index in [1.807, 2.05) is 36.4 Å². The number of aliphatic hydroxyl groups excluding tert-OH is 2. The molecular weight excluding hydrogens is 668 g/mol. The molecule has 1 fully saturated rings. The maximum absolute atomic E-state index is 11.1. The lowest BCUT2D eigenvalue weighted by Crippen LogP contribution is -2.22. The van der Waals surface area contributed by atoms with Crippen molar-refractivity contribution in [2.75, 3.05) is 35.5 Å². The molecule has 0 unspecified atom stereocenters. The molecule has 1 aliphatic rings. The zero-order valence-electron chi connectivity index (χ0n) is 31.2. The van der Waals surface area contributed by atoms with Gasteiger partial charge in [0.2, 0.25) is 0 Å². The average Bonchev–Trinajstić information content (AvgIpc) is 3.47. The van der Waals surface area contributed by atoms with Gasteiger partial charge in [-0.25, -0.2) is 0 Å².